The summed E-state index contributed by atoms with van der Waals surface area (Å²) in [7, 11) is 2.84. The Hall–Kier alpha value is -4.01. The van der Waals surface area contributed by atoms with Gasteiger partial charge >= 0.3 is 17.7 Å². The first-order valence-corrected chi connectivity index (χ1v) is 9.74. The highest BCUT2D eigenvalue weighted by atomic mass is 19.4. The highest BCUT2D eigenvalue weighted by Crippen LogP contribution is 2.51. The lowest BCUT2D eigenvalue weighted by Crippen LogP contribution is -2.51. The van der Waals surface area contributed by atoms with Gasteiger partial charge in [0.1, 0.15) is 11.5 Å². The number of amides is 1. The van der Waals surface area contributed by atoms with Crippen LogP contribution in [0.1, 0.15) is 11.1 Å². The van der Waals surface area contributed by atoms with Crippen LogP contribution in [0.15, 0.2) is 60.7 Å². The molecule has 6 nitrogen and oxygen atoms in total. The number of hydrogen-bond donors (Lipinski definition) is 1. The van der Waals surface area contributed by atoms with Crippen LogP contribution in [0, 0.1) is 0 Å². The molecule has 0 saturated heterocycles. The second-order valence-corrected chi connectivity index (χ2v) is 7.20. The molecule has 1 aliphatic heterocycles. The predicted octanol–water partition coefficient (Wildman–Crippen LogP) is 4.82. The summed E-state index contributed by atoms with van der Waals surface area (Å²) < 4.78 is 58.0. The van der Waals surface area contributed by atoms with E-state index in [2.05, 4.69) is 5.32 Å². The summed E-state index contributed by atoms with van der Waals surface area (Å²) in [6, 6.07) is 14.0. The summed E-state index contributed by atoms with van der Waals surface area (Å²) >= 11 is 0. The first-order chi connectivity index (χ1) is 15.7. The number of fused-ring (bicyclic) bond motifs is 3. The van der Waals surface area contributed by atoms with Crippen LogP contribution in [0.3, 0.4) is 0 Å². The Kier molecular flexibility index (Phi) is 5.49. The van der Waals surface area contributed by atoms with Gasteiger partial charge in [0.25, 0.3) is 5.91 Å². The zero-order chi connectivity index (χ0) is 23.8. The molecule has 1 amide bonds. The van der Waals surface area contributed by atoms with Gasteiger partial charge in [-0.25, -0.2) is 4.79 Å². The van der Waals surface area contributed by atoms with Crippen LogP contribution in [-0.2, 0) is 19.9 Å². The fraction of sp³-hybridized carbons (Fsp3) is 0.167. The van der Waals surface area contributed by atoms with E-state index in [1.165, 1.54) is 32.4 Å². The minimum atomic E-state index is -5.21. The summed E-state index contributed by atoms with van der Waals surface area (Å²) in [5.74, 6) is -2.03. The number of benzene rings is 3. The number of methoxy groups -OCH3 is 2. The molecule has 0 aromatic heterocycles. The van der Waals surface area contributed by atoms with Gasteiger partial charge in [0.05, 0.1) is 19.9 Å². The maximum atomic E-state index is 14.3. The number of ether oxygens (including phenoxy) is 3. The van der Waals surface area contributed by atoms with Gasteiger partial charge in [0, 0.05) is 22.6 Å². The fourth-order valence-corrected chi connectivity index (χ4v) is 3.78. The molecule has 170 valence electrons. The summed E-state index contributed by atoms with van der Waals surface area (Å²) in [6.07, 6.45) is -3.18. The minimum absolute atomic E-state index is 0.0401. The van der Waals surface area contributed by atoms with Crippen LogP contribution >= 0.6 is 0 Å². The van der Waals surface area contributed by atoms with Crippen LogP contribution < -0.4 is 14.8 Å². The van der Waals surface area contributed by atoms with Crippen LogP contribution in [0.25, 0.3) is 16.8 Å². The largest absolute Gasteiger partial charge is 0.497 e. The van der Waals surface area contributed by atoms with Gasteiger partial charge in [-0.3, -0.25) is 4.79 Å². The number of carbonyl (C=O) groups excluding carboxylic acids is 2. The summed E-state index contributed by atoms with van der Waals surface area (Å²) in [5.41, 5.74) is -3.62. The van der Waals surface area contributed by atoms with Crippen molar-refractivity contribution in [3.63, 3.8) is 0 Å². The molecule has 33 heavy (non-hydrogen) atoms. The molecule has 0 radical (unpaired) electrons. The Morgan fingerprint density at radius 1 is 1.03 bits per heavy atom. The summed E-state index contributed by atoms with van der Waals surface area (Å²) in [6.45, 7) is 0. The lowest BCUT2D eigenvalue weighted by atomic mass is 9.92. The van der Waals surface area contributed by atoms with Gasteiger partial charge in [-0.15, -0.1) is 0 Å². The van der Waals surface area contributed by atoms with Crippen molar-refractivity contribution in [2.45, 2.75) is 11.8 Å². The normalized spacial score (nSPS) is 17.7. The monoisotopic (exact) mass is 457 g/mol. The number of nitrogens with one attached hydrogen (secondary N) is 1. The van der Waals surface area contributed by atoms with E-state index in [-0.39, 0.29) is 5.69 Å². The van der Waals surface area contributed by atoms with Crippen LogP contribution in [0.2, 0.25) is 0 Å². The molecule has 3 aromatic rings. The Morgan fingerprint density at radius 2 is 1.79 bits per heavy atom. The lowest BCUT2D eigenvalue weighted by molar-refractivity contribution is -0.260. The Bertz CT molecular complexity index is 1280. The number of hydrogen-bond acceptors (Lipinski definition) is 5. The van der Waals surface area contributed by atoms with Crippen molar-refractivity contribution in [3.05, 3.63) is 71.8 Å². The van der Waals surface area contributed by atoms with Crippen LogP contribution in [0.5, 0.6) is 11.5 Å². The molecule has 4 rings (SSSR count). The van der Waals surface area contributed by atoms with Crippen molar-refractivity contribution in [1.29, 1.82) is 0 Å². The van der Waals surface area contributed by atoms with Gasteiger partial charge in [-0.1, -0.05) is 36.4 Å². The standard InChI is InChI=1S/C24H18F3NO5/c1-31-16-9-11-19(32-2)15(13-16)8-12-20(29)33-23(24(25,26)27)18-10-7-14-5-3-4-6-17(14)21(18)28-22(23)30/h3-13H,1-2H3,(H,28,30)/b12-8-. The zero-order valence-corrected chi connectivity index (χ0v) is 17.5. The van der Waals surface area contributed by atoms with E-state index in [4.69, 9.17) is 14.2 Å². The molecule has 0 fully saturated rings. The smallest absolute Gasteiger partial charge is 0.442 e. The zero-order valence-electron chi connectivity index (χ0n) is 17.5. The molecule has 3 aromatic carbocycles. The Labute approximate surface area is 186 Å². The molecule has 0 aliphatic carbocycles. The third-order valence-corrected chi connectivity index (χ3v) is 5.36. The van der Waals surface area contributed by atoms with Gasteiger partial charge in [-0.05, 0) is 29.7 Å². The van der Waals surface area contributed by atoms with Crippen LogP contribution in [-0.4, -0.2) is 32.3 Å². The maximum absolute atomic E-state index is 14.3. The maximum Gasteiger partial charge on any atom is 0.442 e. The topological polar surface area (TPSA) is 73.9 Å². The minimum Gasteiger partial charge on any atom is -0.497 e. The highest BCUT2D eigenvalue weighted by molar-refractivity contribution is 6.14. The van der Waals surface area contributed by atoms with Crippen molar-refractivity contribution in [2.75, 3.05) is 19.5 Å². The first-order valence-electron chi connectivity index (χ1n) is 9.74. The molecule has 1 aliphatic rings. The molecule has 9 heteroatoms. The van der Waals surface area contributed by atoms with Gasteiger partial charge in [0.15, 0.2) is 0 Å². The van der Waals surface area contributed by atoms with Crippen molar-refractivity contribution >= 4 is 34.4 Å². The summed E-state index contributed by atoms with van der Waals surface area (Å²) in [5, 5.41) is 3.29. The average molecular weight is 457 g/mol. The van der Waals surface area contributed by atoms with Crippen molar-refractivity contribution in [1.82, 2.24) is 0 Å². The molecule has 1 unspecified atom stereocenters. The number of rotatable bonds is 5. The van der Waals surface area contributed by atoms with E-state index in [0.29, 0.717) is 27.8 Å². The Balaban J connectivity index is 1.74. The Morgan fingerprint density at radius 3 is 2.48 bits per heavy atom. The van der Waals surface area contributed by atoms with E-state index in [0.717, 1.165) is 12.1 Å². The number of anilines is 1. The predicted molar refractivity (Wildman–Crippen MR) is 115 cm³/mol. The second-order valence-electron chi connectivity index (χ2n) is 7.20. The van der Waals surface area contributed by atoms with E-state index >= 15 is 0 Å². The number of carbonyl (C=O) groups is 2. The average Bonchev–Trinajstić information content (AvgIpc) is 3.10. The lowest BCUT2D eigenvalue weighted by Gasteiger charge is -2.29. The van der Waals surface area contributed by atoms with Gasteiger partial charge < -0.3 is 19.5 Å². The van der Waals surface area contributed by atoms with E-state index in [9.17, 15) is 22.8 Å². The fourth-order valence-electron chi connectivity index (χ4n) is 3.78. The molecular formula is C24H18F3NO5. The molecule has 0 saturated carbocycles. The molecule has 0 spiro atoms. The van der Waals surface area contributed by atoms with E-state index in [1.54, 1.807) is 36.4 Å². The number of halogens is 3. The third-order valence-electron chi connectivity index (χ3n) is 5.36. The van der Waals surface area contributed by atoms with Crippen LogP contribution in [0.4, 0.5) is 18.9 Å². The highest BCUT2D eigenvalue weighted by Gasteiger charge is 2.68. The number of alkyl halides is 3. The molecule has 1 heterocycles. The quantitative estimate of drug-likeness (QED) is 0.439. The molecule has 0 bridgehead atoms. The SMILES string of the molecule is COc1ccc(OC)c(/C=C\C(=O)OC2(C(F)(F)F)C(=O)Nc3c2ccc2ccccc32)c1. The van der Waals surface area contributed by atoms with Crippen molar-refractivity contribution < 1.29 is 37.0 Å². The van der Waals surface area contributed by atoms with Gasteiger partial charge in [0.2, 0.25) is 0 Å². The molecular weight excluding hydrogens is 439 g/mol. The molecule has 1 atom stereocenters. The molecule has 1 N–H and O–H groups in total. The first kappa shape index (κ1) is 22.2. The third kappa shape index (κ3) is 3.65. The van der Waals surface area contributed by atoms with Gasteiger partial charge in [-0.2, -0.15) is 13.2 Å². The number of esters is 1. The second kappa shape index (κ2) is 8.16. The van der Waals surface area contributed by atoms with E-state index in [1.807, 2.05) is 0 Å². The van der Waals surface area contributed by atoms with Crippen molar-refractivity contribution in [3.8, 4) is 11.5 Å². The summed E-state index contributed by atoms with van der Waals surface area (Å²) in [4.78, 5) is 25.2. The van der Waals surface area contributed by atoms with E-state index < -0.39 is 29.2 Å². The van der Waals surface area contributed by atoms with Crippen molar-refractivity contribution in [2.24, 2.45) is 0 Å².